The maximum atomic E-state index is 13.3. The summed E-state index contributed by atoms with van der Waals surface area (Å²) in [7, 11) is 0. The Balaban J connectivity index is 3.07. The van der Waals surface area contributed by atoms with E-state index in [0.29, 0.717) is 5.75 Å². The zero-order valence-electron chi connectivity index (χ0n) is 8.06. The quantitative estimate of drug-likeness (QED) is 0.477. The number of nitrogens with one attached hydrogen (secondary N) is 1. The van der Waals surface area contributed by atoms with Crippen LogP contribution in [0.5, 0.6) is 0 Å². The van der Waals surface area contributed by atoms with Gasteiger partial charge in [0.15, 0.2) is 17.5 Å². The van der Waals surface area contributed by atoms with Crippen LogP contribution in [-0.2, 0) is 0 Å². The lowest BCUT2D eigenvalue weighted by Crippen LogP contribution is -2.30. The molecule has 0 aliphatic carbocycles. The summed E-state index contributed by atoms with van der Waals surface area (Å²) in [6.07, 6.45) is 1.81. The average molecular weight is 236 g/mol. The Kier molecular flexibility index (Phi) is 4.44. The van der Waals surface area contributed by atoms with E-state index < -0.39 is 23.5 Å². The van der Waals surface area contributed by atoms with Crippen LogP contribution < -0.4 is 11.3 Å². The molecule has 1 aromatic carbocycles. The topological polar surface area (TPSA) is 38.0 Å². The molecule has 1 rings (SSSR count). The number of benzene rings is 1. The molecule has 0 aliphatic rings. The van der Waals surface area contributed by atoms with Crippen molar-refractivity contribution >= 4 is 11.8 Å². The van der Waals surface area contributed by atoms with Crippen molar-refractivity contribution in [3.05, 3.63) is 35.1 Å². The third-order valence-corrected chi connectivity index (χ3v) is 2.64. The van der Waals surface area contributed by atoms with Gasteiger partial charge < -0.3 is 0 Å². The molecule has 0 bridgehead atoms. The number of halogens is 3. The Morgan fingerprint density at radius 1 is 1.33 bits per heavy atom. The van der Waals surface area contributed by atoms with Gasteiger partial charge in [-0.1, -0.05) is 6.07 Å². The lowest BCUT2D eigenvalue weighted by atomic mass is 10.1. The molecule has 0 saturated carbocycles. The third kappa shape index (κ3) is 2.64. The van der Waals surface area contributed by atoms with E-state index in [-0.39, 0.29) is 5.56 Å². The Hall–Kier alpha value is -0.720. The zero-order valence-corrected chi connectivity index (χ0v) is 8.88. The molecule has 0 amide bonds. The average Bonchev–Trinajstić information content (AvgIpc) is 2.24. The molecule has 1 atom stereocenters. The summed E-state index contributed by atoms with van der Waals surface area (Å²) in [6, 6.07) is 1.54. The predicted molar refractivity (Wildman–Crippen MR) is 54.8 cm³/mol. The summed E-state index contributed by atoms with van der Waals surface area (Å²) >= 11 is 1.42. The van der Waals surface area contributed by atoms with Gasteiger partial charge in [-0.15, -0.1) is 0 Å². The standard InChI is InChI=1S/C9H11F3N2S/c1-15-4-7(14-13)5-2-3-6(10)9(12)8(5)11/h2-3,7,14H,4,13H2,1H3. The van der Waals surface area contributed by atoms with E-state index in [1.807, 2.05) is 6.26 Å². The molecule has 0 aliphatic heterocycles. The highest BCUT2D eigenvalue weighted by atomic mass is 32.2. The smallest absolute Gasteiger partial charge is 0.194 e. The maximum absolute atomic E-state index is 13.3. The summed E-state index contributed by atoms with van der Waals surface area (Å²) < 4.78 is 38.8. The number of hydrogen-bond acceptors (Lipinski definition) is 3. The molecule has 6 heteroatoms. The Morgan fingerprint density at radius 2 is 2.00 bits per heavy atom. The van der Waals surface area contributed by atoms with Crippen molar-refractivity contribution in [3.63, 3.8) is 0 Å². The van der Waals surface area contributed by atoms with Crippen molar-refractivity contribution in [2.24, 2.45) is 5.84 Å². The highest BCUT2D eigenvalue weighted by Crippen LogP contribution is 2.22. The molecule has 0 saturated heterocycles. The Bertz CT molecular complexity index is 346. The fraction of sp³-hybridized carbons (Fsp3) is 0.333. The van der Waals surface area contributed by atoms with Crippen LogP contribution in [-0.4, -0.2) is 12.0 Å². The predicted octanol–water partition coefficient (Wildman–Crippen LogP) is 1.97. The van der Waals surface area contributed by atoms with Gasteiger partial charge in [0.25, 0.3) is 0 Å². The van der Waals surface area contributed by atoms with Gasteiger partial charge in [0.2, 0.25) is 0 Å². The minimum Gasteiger partial charge on any atom is -0.271 e. The van der Waals surface area contributed by atoms with Crippen molar-refractivity contribution in [3.8, 4) is 0 Å². The molecule has 0 radical (unpaired) electrons. The highest BCUT2D eigenvalue weighted by molar-refractivity contribution is 7.98. The summed E-state index contributed by atoms with van der Waals surface area (Å²) in [5.74, 6) is 1.82. The first-order chi connectivity index (χ1) is 7.11. The van der Waals surface area contributed by atoms with Crippen LogP contribution in [0, 0.1) is 17.5 Å². The third-order valence-electron chi connectivity index (χ3n) is 1.97. The van der Waals surface area contributed by atoms with E-state index in [1.54, 1.807) is 0 Å². The number of rotatable bonds is 4. The van der Waals surface area contributed by atoms with E-state index in [4.69, 9.17) is 5.84 Å². The van der Waals surface area contributed by atoms with Gasteiger partial charge in [-0.3, -0.25) is 11.3 Å². The molecular formula is C9H11F3N2S. The second kappa shape index (κ2) is 5.39. The van der Waals surface area contributed by atoms with Crippen LogP contribution in [0.25, 0.3) is 0 Å². The molecule has 0 fully saturated rings. The molecule has 1 aromatic rings. The minimum atomic E-state index is -1.46. The minimum absolute atomic E-state index is 0.0331. The SMILES string of the molecule is CSCC(NN)c1ccc(F)c(F)c1F. The van der Waals surface area contributed by atoms with Crippen molar-refractivity contribution in [1.82, 2.24) is 5.43 Å². The van der Waals surface area contributed by atoms with Gasteiger partial charge in [0.05, 0.1) is 6.04 Å². The second-order valence-corrected chi connectivity index (χ2v) is 3.85. The van der Waals surface area contributed by atoms with Crippen LogP contribution in [0.1, 0.15) is 11.6 Å². The van der Waals surface area contributed by atoms with Crippen molar-refractivity contribution in [2.45, 2.75) is 6.04 Å². The van der Waals surface area contributed by atoms with Crippen LogP contribution in [0.2, 0.25) is 0 Å². The second-order valence-electron chi connectivity index (χ2n) is 2.94. The fourth-order valence-electron chi connectivity index (χ4n) is 1.20. The first kappa shape index (κ1) is 12.4. The molecular weight excluding hydrogens is 225 g/mol. The first-order valence-corrected chi connectivity index (χ1v) is 5.59. The van der Waals surface area contributed by atoms with Crippen LogP contribution >= 0.6 is 11.8 Å². The van der Waals surface area contributed by atoms with Crippen LogP contribution in [0.4, 0.5) is 13.2 Å². The molecule has 3 N–H and O–H groups in total. The summed E-state index contributed by atoms with van der Waals surface area (Å²) in [4.78, 5) is 0. The van der Waals surface area contributed by atoms with Gasteiger partial charge in [0, 0.05) is 11.3 Å². The van der Waals surface area contributed by atoms with E-state index in [1.165, 1.54) is 17.8 Å². The van der Waals surface area contributed by atoms with Gasteiger partial charge in [0.1, 0.15) is 0 Å². The van der Waals surface area contributed by atoms with Gasteiger partial charge in [-0.05, 0) is 12.3 Å². The van der Waals surface area contributed by atoms with Crippen molar-refractivity contribution in [1.29, 1.82) is 0 Å². The van der Waals surface area contributed by atoms with Crippen molar-refractivity contribution in [2.75, 3.05) is 12.0 Å². The van der Waals surface area contributed by atoms with E-state index in [0.717, 1.165) is 6.07 Å². The lowest BCUT2D eigenvalue weighted by Gasteiger charge is -2.15. The van der Waals surface area contributed by atoms with Gasteiger partial charge in [-0.2, -0.15) is 11.8 Å². The summed E-state index contributed by atoms with van der Waals surface area (Å²) in [5, 5.41) is 0. The maximum Gasteiger partial charge on any atom is 0.194 e. The Morgan fingerprint density at radius 3 is 2.53 bits per heavy atom. The zero-order chi connectivity index (χ0) is 11.4. The molecule has 15 heavy (non-hydrogen) atoms. The van der Waals surface area contributed by atoms with Gasteiger partial charge >= 0.3 is 0 Å². The summed E-state index contributed by atoms with van der Waals surface area (Å²) in [6.45, 7) is 0. The van der Waals surface area contributed by atoms with E-state index in [2.05, 4.69) is 5.43 Å². The molecule has 0 heterocycles. The largest absolute Gasteiger partial charge is 0.271 e. The number of hydrazine groups is 1. The van der Waals surface area contributed by atoms with E-state index >= 15 is 0 Å². The van der Waals surface area contributed by atoms with Crippen LogP contribution in [0.3, 0.4) is 0 Å². The highest BCUT2D eigenvalue weighted by Gasteiger charge is 2.19. The summed E-state index contributed by atoms with van der Waals surface area (Å²) in [5.41, 5.74) is 2.39. The molecule has 2 nitrogen and oxygen atoms in total. The fourth-order valence-corrected chi connectivity index (χ4v) is 1.81. The van der Waals surface area contributed by atoms with Gasteiger partial charge in [-0.25, -0.2) is 13.2 Å². The molecule has 0 spiro atoms. The van der Waals surface area contributed by atoms with E-state index in [9.17, 15) is 13.2 Å². The monoisotopic (exact) mass is 236 g/mol. The number of nitrogens with two attached hydrogens (primary N) is 1. The lowest BCUT2D eigenvalue weighted by molar-refractivity contribution is 0.431. The molecule has 1 unspecified atom stereocenters. The normalized spacial score (nSPS) is 12.9. The molecule has 84 valence electrons. The van der Waals surface area contributed by atoms with Crippen LogP contribution in [0.15, 0.2) is 12.1 Å². The first-order valence-electron chi connectivity index (χ1n) is 4.20. The number of thioether (sulfide) groups is 1. The number of hydrogen-bond donors (Lipinski definition) is 2. The molecule has 0 aromatic heterocycles. The Labute approximate surface area is 90.0 Å². The van der Waals surface area contributed by atoms with Crippen molar-refractivity contribution < 1.29 is 13.2 Å².